The van der Waals surface area contributed by atoms with Gasteiger partial charge in [-0.2, -0.15) is 0 Å². The summed E-state index contributed by atoms with van der Waals surface area (Å²) in [5.74, 6) is 0.206. The Kier molecular flexibility index (Phi) is 3.69. The number of aryl methyl sites for hydroxylation is 1. The number of aromatic nitrogens is 1. The van der Waals surface area contributed by atoms with Crippen molar-refractivity contribution < 1.29 is 9.21 Å². The number of thiazole rings is 1. The van der Waals surface area contributed by atoms with Crippen LogP contribution in [-0.2, 0) is 12.8 Å². The van der Waals surface area contributed by atoms with E-state index in [1.807, 2.05) is 0 Å². The van der Waals surface area contributed by atoms with Crippen LogP contribution in [0.4, 0.5) is 5.13 Å². The number of amides is 1. The minimum atomic E-state index is -0.447. The van der Waals surface area contributed by atoms with Crippen molar-refractivity contribution in [1.82, 2.24) is 4.98 Å². The van der Waals surface area contributed by atoms with Crippen molar-refractivity contribution in [2.24, 2.45) is 5.92 Å². The van der Waals surface area contributed by atoms with E-state index in [9.17, 15) is 9.59 Å². The van der Waals surface area contributed by atoms with Crippen molar-refractivity contribution in [1.29, 1.82) is 0 Å². The Morgan fingerprint density at radius 2 is 2.21 bits per heavy atom. The van der Waals surface area contributed by atoms with Crippen LogP contribution in [0.1, 0.15) is 34.5 Å². The average molecular weight is 340 g/mol. The van der Waals surface area contributed by atoms with Crippen LogP contribution in [0.2, 0.25) is 0 Å². The van der Waals surface area contributed by atoms with Crippen LogP contribution >= 0.6 is 11.3 Å². The fraction of sp³-hybridized carbons (Fsp3) is 0.278. The Morgan fingerprint density at radius 3 is 3.08 bits per heavy atom. The van der Waals surface area contributed by atoms with E-state index in [1.54, 1.807) is 24.3 Å². The topological polar surface area (TPSA) is 72.2 Å². The van der Waals surface area contributed by atoms with Crippen LogP contribution in [0.25, 0.3) is 11.0 Å². The third-order valence-electron chi connectivity index (χ3n) is 4.26. The van der Waals surface area contributed by atoms with Gasteiger partial charge in [0.2, 0.25) is 0 Å². The lowest BCUT2D eigenvalue weighted by molar-refractivity contribution is 0.0997. The molecule has 24 heavy (non-hydrogen) atoms. The molecule has 1 atom stereocenters. The second-order valence-electron chi connectivity index (χ2n) is 6.16. The lowest BCUT2D eigenvalue weighted by Crippen LogP contribution is -2.15. The van der Waals surface area contributed by atoms with Gasteiger partial charge in [0.25, 0.3) is 5.91 Å². The van der Waals surface area contributed by atoms with Crippen LogP contribution in [0.15, 0.2) is 39.5 Å². The number of nitrogens with zero attached hydrogens (tertiary/aromatic N) is 1. The molecule has 0 aliphatic heterocycles. The zero-order valence-corrected chi connectivity index (χ0v) is 14.0. The predicted molar refractivity (Wildman–Crippen MR) is 93.7 cm³/mol. The molecular formula is C18H16N2O3S. The van der Waals surface area contributed by atoms with Crippen molar-refractivity contribution in [2.75, 3.05) is 5.32 Å². The second kappa shape index (κ2) is 5.87. The molecule has 0 bridgehead atoms. The van der Waals surface area contributed by atoms with E-state index in [2.05, 4.69) is 17.2 Å². The number of carbonyl (C=O) groups excluding carboxylic acids is 1. The van der Waals surface area contributed by atoms with E-state index < -0.39 is 5.91 Å². The Bertz CT molecular complexity index is 989. The van der Waals surface area contributed by atoms with Crippen LogP contribution in [-0.4, -0.2) is 10.9 Å². The molecule has 0 saturated carbocycles. The fourth-order valence-corrected chi connectivity index (χ4v) is 4.13. The van der Waals surface area contributed by atoms with Gasteiger partial charge in [0.05, 0.1) is 11.1 Å². The van der Waals surface area contributed by atoms with Crippen LogP contribution in [0.3, 0.4) is 0 Å². The number of anilines is 1. The summed E-state index contributed by atoms with van der Waals surface area (Å²) in [7, 11) is 0. The normalized spacial score (nSPS) is 16.8. The first-order chi connectivity index (χ1) is 11.6. The Hall–Kier alpha value is -2.47. The summed E-state index contributed by atoms with van der Waals surface area (Å²) in [5.41, 5.74) is 1.25. The van der Waals surface area contributed by atoms with Crippen LogP contribution in [0, 0.1) is 5.92 Å². The number of hydrogen-bond acceptors (Lipinski definition) is 5. The maximum atomic E-state index is 12.4. The average Bonchev–Trinajstić information content (AvgIpc) is 2.96. The van der Waals surface area contributed by atoms with Gasteiger partial charge in [0.15, 0.2) is 16.3 Å². The van der Waals surface area contributed by atoms with Crippen molar-refractivity contribution in [3.05, 3.63) is 56.9 Å². The molecule has 2 heterocycles. The first-order valence-corrected chi connectivity index (χ1v) is 8.74. The van der Waals surface area contributed by atoms with E-state index >= 15 is 0 Å². The predicted octanol–water partition coefficient (Wildman–Crippen LogP) is 3.63. The highest BCUT2D eigenvalue weighted by Crippen LogP contribution is 2.32. The molecule has 1 N–H and O–H groups in total. The van der Waals surface area contributed by atoms with E-state index in [4.69, 9.17) is 4.42 Å². The lowest BCUT2D eigenvalue weighted by Gasteiger charge is -2.15. The molecule has 0 fully saturated rings. The second-order valence-corrected chi connectivity index (χ2v) is 7.25. The molecule has 1 aliphatic rings. The van der Waals surface area contributed by atoms with Gasteiger partial charge in [0, 0.05) is 10.9 Å². The SMILES string of the molecule is C[C@@H]1CCc2nc(NC(=O)c3cc(=O)c4ccccc4o3)sc2C1. The summed E-state index contributed by atoms with van der Waals surface area (Å²) in [6.45, 7) is 2.23. The van der Waals surface area contributed by atoms with Crippen LogP contribution < -0.4 is 10.7 Å². The summed E-state index contributed by atoms with van der Waals surface area (Å²) >= 11 is 1.51. The lowest BCUT2D eigenvalue weighted by atomic mass is 9.93. The minimum Gasteiger partial charge on any atom is -0.451 e. The summed E-state index contributed by atoms with van der Waals surface area (Å²) in [4.78, 5) is 30.3. The van der Waals surface area contributed by atoms with Gasteiger partial charge in [-0.1, -0.05) is 19.1 Å². The zero-order valence-electron chi connectivity index (χ0n) is 13.2. The minimum absolute atomic E-state index is 0.000222. The number of benzene rings is 1. The molecule has 0 unspecified atom stereocenters. The molecule has 3 aromatic rings. The molecule has 1 aliphatic carbocycles. The van der Waals surface area contributed by atoms with Crippen molar-refractivity contribution in [3.8, 4) is 0 Å². The van der Waals surface area contributed by atoms with Gasteiger partial charge in [0.1, 0.15) is 5.58 Å². The first kappa shape index (κ1) is 15.1. The molecule has 2 aromatic heterocycles. The molecule has 1 aromatic carbocycles. The molecule has 6 heteroatoms. The Morgan fingerprint density at radius 1 is 1.38 bits per heavy atom. The van der Waals surface area contributed by atoms with Crippen molar-refractivity contribution >= 4 is 33.3 Å². The van der Waals surface area contributed by atoms with E-state index in [0.717, 1.165) is 25.0 Å². The molecular weight excluding hydrogens is 324 g/mol. The fourth-order valence-electron chi connectivity index (χ4n) is 2.97. The third kappa shape index (κ3) is 2.73. The number of carbonyl (C=O) groups is 1. The zero-order chi connectivity index (χ0) is 16.7. The smallest absolute Gasteiger partial charge is 0.293 e. The van der Waals surface area contributed by atoms with Gasteiger partial charge in [-0.15, -0.1) is 11.3 Å². The summed E-state index contributed by atoms with van der Waals surface area (Å²) < 4.78 is 5.56. The number of hydrogen-bond donors (Lipinski definition) is 1. The van der Waals surface area contributed by atoms with Gasteiger partial charge < -0.3 is 4.42 Å². The van der Waals surface area contributed by atoms with Crippen molar-refractivity contribution in [2.45, 2.75) is 26.2 Å². The molecule has 0 spiro atoms. The summed E-state index contributed by atoms with van der Waals surface area (Å²) in [5, 5.41) is 3.79. The standard InChI is InChI=1S/C18H16N2O3S/c1-10-6-7-12-16(8-10)24-18(19-12)20-17(22)15-9-13(21)11-4-2-3-5-14(11)23-15/h2-5,9-10H,6-8H2,1H3,(H,19,20,22)/t10-/m1/s1. The molecule has 5 nitrogen and oxygen atoms in total. The molecule has 122 valence electrons. The first-order valence-electron chi connectivity index (χ1n) is 7.93. The van der Waals surface area contributed by atoms with Crippen LogP contribution in [0.5, 0.6) is 0 Å². The van der Waals surface area contributed by atoms with Gasteiger partial charge in [-0.05, 0) is 37.3 Å². The number of rotatable bonds is 2. The molecule has 1 amide bonds. The van der Waals surface area contributed by atoms with E-state index in [1.165, 1.54) is 22.3 Å². The highest BCUT2D eigenvalue weighted by atomic mass is 32.1. The highest BCUT2D eigenvalue weighted by molar-refractivity contribution is 7.15. The quantitative estimate of drug-likeness (QED) is 0.773. The number of nitrogens with one attached hydrogen (secondary N) is 1. The summed E-state index contributed by atoms with van der Waals surface area (Å²) in [6.07, 6.45) is 3.09. The molecule has 0 saturated heterocycles. The van der Waals surface area contributed by atoms with Gasteiger partial charge in [-0.3, -0.25) is 14.9 Å². The van der Waals surface area contributed by atoms with Gasteiger partial charge in [-0.25, -0.2) is 4.98 Å². The third-order valence-corrected chi connectivity index (χ3v) is 5.30. The Balaban J connectivity index is 1.62. The molecule has 4 rings (SSSR count). The maximum Gasteiger partial charge on any atom is 0.293 e. The Labute approximate surface area is 142 Å². The highest BCUT2D eigenvalue weighted by Gasteiger charge is 2.21. The van der Waals surface area contributed by atoms with E-state index in [-0.39, 0.29) is 11.2 Å². The monoisotopic (exact) mass is 340 g/mol. The van der Waals surface area contributed by atoms with Crippen molar-refractivity contribution in [3.63, 3.8) is 0 Å². The summed E-state index contributed by atoms with van der Waals surface area (Å²) in [6, 6.07) is 8.12. The van der Waals surface area contributed by atoms with E-state index in [0.29, 0.717) is 22.0 Å². The van der Waals surface area contributed by atoms with Gasteiger partial charge >= 0.3 is 0 Å². The molecule has 0 radical (unpaired) electrons. The number of fused-ring (bicyclic) bond motifs is 2. The maximum absolute atomic E-state index is 12.4. The largest absolute Gasteiger partial charge is 0.451 e. The number of para-hydroxylation sites is 1.